The maximum absolute atomic E-state index is 12.1. The van der Waals surface area contributed by atoms with E-state index in [1.165, 1.54) is 12.6 Å². The Morgan fingerprint density at radius 3 is 2.84 bits per heavy atom. The molecule has 2 N–H and O–H groups in total. The van der Waals surface area contributed by atoms with Gasteiger partial charge in [-0.1, -0.05) is 25.4 Å². The van der Waals surface area contributed by atoms with Crippen LogP contribution in [0.4, 0.5) is 5.82 Å². The van der Waals surface area contributed by atoms with Crippen LogP contribution in [-0.4, -0.2) is 24.0 Å². The average molecular weight is 282 g/mol. The average Bonchev–Trinajstić information content (AvgIpc) is 2.97. The van der Waals surface area contributed by atoms with E-state index in [4.69, 9.17) is 11.6 Å². The van der Waals surface area contributed by atoms with E-state index in [0.29, 0.717) is 34.3 Å². The zero-order valence-electron chi connectivity index (χ0n) is 11.6. The third kappa shape index (κ3) is 3.38. The third-order valence-corrected chi connectivity index (χ3v) is 3.99. The number of hydrogen-bond donors (Lipinski definition) is 2. The Hall–Kier alpha value is -1.29. The summed E-state index contributed by atoms with van der Waals surface area (Å²) in [6.07, 6.45) is 2.68. The predicted molar refractivity (Wildman–Crippen MR) is 77.6 cm³/mol. The molecule has 1 unspecified atom stereocenters. The van der Waals surface area contributed by atoms with Crippen LogP contribution in [0, 0.1) is 11.3 Å². The van der Waals surface area contributed by atoms with Gasteiger partial charge in [-0.2, -0.15) is 0 Å². The van der Waals surface area contributed by atoms with Crippen molar-refractivity contribution in [1.29, 1.82) is 0 Å². The summed E-state index contributed by atoms with van der Waals surface area (Å²) in [5, 5.41) is 6.40. The van der Waals surface area contributed by atoms with E-state index in [1.54, 1.807) is 6.07 Å². The molecule has 2 rings (SSSR count). The van der Waals surface area contributed by atoms with Crippen molar-refractivity contribution in [2.24, 2.45) is 11.3 Å². The van der Waals surface area contributed by atoms with E-state index in [-0.39, 0.29) is 5.91 Å². The summed E-state index contributed by atoms with van der Waals surface area (Å²) in [5.41, 5.74) is 0.843. The summed E-state index contributed by atoms with van der Waals surface area (Å²) in [6, 6.07) is 1.69. The number of rotatable bonds is 5. The van der Waals surface area contributed by atoms with Crippen molar-refractivity contribution in [3.05, 3.63) is 22.8 Å². The van der Waals surface area contributed by atoms with Gasteiger partial charge in [-0.3, -0.25) is 4.79 Å². The van der Waals surface area contributed by atoms with E-state index in [9.17, 15) is 4.79 Å². The largest absolute Gasteiger partial charge is 0.370 e. The van der Waals surface area contributed by atoms with Crippen molar-refractivity contribution in [2.45, 2.75) is 27.2 Å². The Labute approximate surface area is 118 Å². The zero-order valence-corrected chi connectivity index (χ0v) is 12.3. The first-order chi connectivity index (χ1) is 8.94. The lowest BCUT2D eigenvalue weighted by atomic mass is 10.1. The molecule has 1 aliphatic rings. The molecular weight excluding hydrogens is 262 g/mol. The van der Waals surface area contributed by atoms with Crippen LogP contribution < -0.4 is 10.6 Å². The fraction of sp³-hybridized carbons (Fsp3) is 0.571. The Kier molecular flexibility index (Phi) is 3.99. The summed E-state index contributed by atoms with van der Waals surface area (Å²) < 4.78 is 0. The van der Waals surface area contributed by atoms with Gasteiger partial charge in [0, 0.05) is 19.3 Å². The molecule has 1 saturated carbocycles. The number of nitrogens with one attached hydrogen (secondary N) is 2. The summed E-state index contributed by atoms with van der Waals surface area (Å²) in [6.45, 7) is 7.87. The number of hydrogen-bond acceptors (Lipinski definition) is 3. The van der Waals surface area contributed by atoms with Crippen molar-refractivity contribution in [2.75, 3.05) is 18.4 Å². The topological polar surface area (TPSA) is 54.0 Å². The number of anilines is 1. The summed E-state index contributed by atoms with van der Waals surface area (Å²) in [7, 11) is 0. The van der Waals surface area contributed by atoms with Crippen LogP contribution in [0.5, 0.6) is 0 Å². The highest BCUT2D eigenvalue weighted by Gasteiger charge is 2.45. The molecule has 1 aromatic rings. The lowest BCUT2D eigenvalue weighted by Gasteiger charge is -2.09. The number of halogens is 1. The first-order valence-electron chi connectivity index (χ1n) is 6.61. The minimum absolute atomic E-state index is 0.130. The maximum atomic E-state index is 12.1. The van der Waals surface area contributed by atoms with Crippen LogP contribution in [0.25, 0.3) is 0 Å². The highest BCUT2D eigenvalue weighted by atomic mass is 35.5. The summed E-state index contributed by atoms with van der Waals surface area (Å²) in [4.78, 5) is 16.2. The molecule has 5 heteroatoms. The van der Waals surface area contributed by atoms with Crippen LogP contribution in [0.1, 0.15) is 37.6 Å². The first-order valence-corrected chi connectivity index (χ1v) is 6.99. The fourth-order valence-electron chi connectivity index (χ4n) is 2.13. The Bertz CT molecular complexity index is 488. The molecule has 1 atom stereocenters. The SMILES string of the molecule is CCNc1cc(C(=O)NCC2CC2(C)C)c(Cl)cn1. The monoisotopic (exact) mass is 281 g/mol. The van der Waals surface area contributed by atoms with Gasteiger partial charge in [-0.25, -0.2) is 4.98 Å². The van der Waals surface area contributed by atoms with Crippen molar-refractivity contribution in [3.8, 4) is 0 Å². The normalized spacial score (nSPS) is 19.9. The number of carbonyl (C=O) groups is 1. The van der Waals surface area contributed by atoms with Gasteiger partial charge in [0.05, 0.1) is 10.6 Å². The molecule has 0 aromatic carbocycles. The number of nitrogens with zero attached hydrogens (tertiary/aromatic N) is 1. The third-order valence-electron chi connectivity index (χ3n) is 3.68. The van der Waals surface area contributed by atoms with Crippen molar-refractivity contribution < 1.29 is 4.79 Å². The van der Waals surface area contributed by atoms with Crippen LogP contribution >= 0.6 is 11.6 Å². The molecule has 1 amide bonds. The summed E-state index contributed by atoms with van der Waals surface area (Å²) in [5.74, 6) is 1.11. The zero-order chi connectivity index (χ0) is 14.0. The minimum atomic E-state index is -0.130. The van der Waals surface area contributed by atoms with Crippen LogP contribution in [0.2, 0.25) is 5.02 Å². The number of aromatic nitrogens is 1. The number of pyridine rings is 1. The predicted octanol–water partition coefficient (Wildman–Crippen LogP) is 2.94. The van der Waals surface area contributed by atoms with Gasteiger partial charge >= 0.3 is 0 Å². The number of carbonyl (C=O) groups excluding carboxylic acids is 1. The summed E-state index contributed by atoms with van der Waals surface area (Å²) >= 11 is 6.03. The van der Waals surface area contributed by atoms with Gasteiger partial charge < -0.3 is 10.6 Å². The molecular formula is C14H20ClN3O. The van der Waals surface area contributed by atoms with Crippen molar-refractivity contribution in [3.63, 3.8) is 0 Å². The van der Waals surface area contributed by atoms with E-state index >= 15 is 0 Å². The minimum Gasteiger partial charge on any atom is -0.370 e. The lowest BCUT2D eigenvalue weighted by molar-refractivity contribution is 0.0950. The molecule has 4 nitrogen and oxygen atoms in total. The van der Waals surface area contributed by atoms with Gasteiger partial charge in [0.1, 0.15) is 5.82 Å². The molecule has 19 heavy (non-hydrogen) atoms. The molecule has 0 saturated heterocycles. The standard InChI is InChI=1S/C14H20ClN3O/c1-4-16-12-5-10(11(15)8-17-12)13(19)18-7-9-6-14(9,2)3/h5,8-9H,4,6-7H2,1-3H3,(H,16,17)(H,18,19). The lowest BCUT2D eigenvalue weighted by Crippen LogP contribution is -2.27. The fourth-order valence-corrected chi connectivity index (χ4v) is 2.32. The van der Waals surface area contributed by atoms with Gasteiger partial charge in [-0.05, 0) is 30.7 Å². The van der Waals surface area contributed by atoms with Gasteiger partial charge in [0.25, 0.3) is 5.91 Å². The van der Waals surface area contributed by atoms with Gasteiger partial charge in [0.2, 0.25) is 0 Å². The molecule has 1 aliphatic carbocycles. The second-order valence-corrected chi connectivity index (χ2v) is 6.09. The molecule has 0 spiro atoms. The first kappa shape index (κ1) is 14.1. The Morgan fingerprint density at radius 1 is 1.58 bits per heavy atom. The molecule has 0 bridgehead atoms. The van der Waals surface area contributed by atoms with E-state index in [0.717, 1.165) is 6.54 Å². The van der Waals surface area contributed by atoms with E-state index < -0.39 is 0 Å². The van der Waals surface area contributed by atoms with Gasteiger partial charge in [-0.15, -0.1) is 0 Å². The molecule has 1 heterocycles. The van der Waals surface area contributed by atoms with Crippen LogP contribution in [0.15, 0.2) is 12.3 Å². The maximum Gasteiger partial charge on any atom is 0.253 e. The van der Waals surface area contributed by atoms with Gasteiger partial charge in [0.15, 0.2) is 0 Å². The molecule has 0 aliphatic heterocycles. The molecule has 104 valence electrons. The van der Waals surface area contributed by atoms with Crippen LogP contribution in [-0.2, 0) is 0 Å². The molecule has 1 fully saturated rings. The van der Waals surface area contributed by atoms with Crippen molar-refractivity contribution in [1.82, 2.24) is 10.3 Å². The van der Waals surface area contributed by atoms with Crippen LogP contribution in [0.3, 0.4) is 0 Å². The highest BCUT2D eigenvalue weighted by molar-refractivity contribution is 6.33. The van der Waals surface area contributed by atoms with E-state index in [1.807, 2.05) is 6.92 Å². The van der Waals surface area contributed by atoms with Crippen molar-refractivity contribution >= 4 is 23.3 Å². The highest BCUT2D eigenvalue weighted by Crippen LogP contribution is 2.50. The molecule has 1 aromatic heterocycles. The Morgan fingerprint density at radius 2 is 2.26 bits per heavy atom. The quantitative estimate of drug-likeness (QED) is 0.872. The smallest absolute Gasteiger partial charge is 0.253 e. The van der Waals surface area contributed by atoms with E-state index in [2.05, 4.69) is 29.5 Å². The second-order valence-electron chi connectivity index (χ2n) is 5.68. The number of amides is 1. The molecule has 0 radical (unpaired) electrons. The second kappa shape index (κ2) is 5.37. The Balaban J connectivity index is 1.99.